The largest absolute Gasteiger partial charge is 0.490 e. The van der Waals surface area contributed by atoms with Crippen LogP contribution in [0.25, 0.3) is 0 Å². The molecule has 0 saturated heterocycles. The van der Waals surface area contributed by atoms with Crippen molar-refractivity contribution in [2.45, 2.75) is 19.3 Å². The monoisotopic (exact) mass is 197 g/mol. The number of nitrogen functional groups attached to an aromatic ring is 1. The Balaban J connectivity index is 2.65. The lowest BCUT2D eigenvalue weighted by molar-refractivity contribution is 0.292. The van der Waals surface area contributed by atoms with Crippen molar-refractivity contribution in [2.24, 2.45) is 0 Å². The van der Waals surface area contributed by atoms with Crippen LogP contribution in [0.5, 0.6) is 5.75 Å². The van der Waals surface area contributed by atoms with Crippen LogP contribution in [0, 0.1) is 0 Å². The van der Waals surface area contributed by atoms with Gasteiger partial charge in [-0.15, -0.1) is 0 Å². The van der Waals surface area contributed by atoms with Crippen molar-refractivity contribution in [3.63, 3.8) is 0 Å². The number of halogens is 1. The average Bonchev–Trinajstić information content (AvgIpc) is 2.28. The zero-order valence-electron chi connectivity index (χ0n) is 7.73. The highest BCUT2D eigenvalue weighted by molar-refractivity contribution is 6.31. The van der Waals surface area contributed by atoms with Gasteiger partial charge in [0.15, 0.2) is 0 Å². The summed E-state index contributed by atoms with van der Waals surface area (Å²) in [6.07, 6.45) is 0. The van der Waals surface area contributed by atoms with Gasteiger partial charge in [-0.1, -0.05) is 25.4 Å². The summed E-state index contributed by atoms with van der Waals surface area (Å²) in [5.41, 5.74) is 7.55. The molecule has 1 aliphatic rings. The molecule has 2 nitrogen and oxygen atoms in total. The molecule has 2 rings (SSSR count). The quantitative estimate of drug-likeness (QED) is 0.649. The fourth-order valence-electron chi connectivity index (χ4n) is 1.61. The standard InChI is InChI=1S/C10H12ClNO/c1-10(2)5-13-9-7(10)3-6(11)4-8(9)12/h3-4H,5,12H2,1-2H3. The molecule has 0 amide bonds. The molecule has 0 aromatic heterocycles. The van der Waals surface area contributed by atoms with E-state index < -0.39 is 0 Å². The first-order chi connectivity index (χ1) is 6.00. The molecule has 1 aromatic carbocycles. The lowest BCUT2D eigenvalue weighted by atomic mass is 9.87. The molecule has 0 spiro atoms. The summed E-state index contributed by atoms with van der Waals surface area (Å²) in [5.74, 6) is 0.800. The summed E-state index contributed by atoms with van der Waals surface area (Å²) in [7, 11) is 0. The van der Waals surface area contributed by atoms with E-state index in [-0.39, 0.29) is 5.41 Å². The van der Waals surface area contributed by atoms with E-state index in [1.54, 1.807) is 6.07 Å². The van der Waals surface area contributed by atoms with E-state index in [1.165, 1.54) is 0 Å². The maximum atomic E-state index is 5.92. The Bertz CT molecular complexity index is 360. The van der Waals surface area contributed by atoms with Gasteiger partial charge in [-0.05, 0) is 12.1 Å². The first kappa shape index (κ1) is 8.70. The summed E-state index contributed by atoms with van der Waals surface area (Å²) < 4.78 is 5.52. The molecule has 0 fully saturated rings. The van der Waals surface area contributed by atoms with Crippen LogP contribution < -0.4 is 10.5 Å². The van der Waals surface area contributed by atoms with E-state index in [4.69, 9.17) is 22.1 Å². The number of ether oxygens (including phenoxy) is 1. The molecule has 2 N–H and O–H groups in total. The first-order valence-corrected chi connectivity index (χ1v) is 4.61. The minimum absolute atomic E-state index is 0.0222. The molecule has 1 heterocycles. The van der Waals surface area contributed by atoms with Gasteiger partial charge >= 0.3 is 0 Å². The van der Waals surface area contributed by atoms with E-state index in [0.29, 0.717) is 17.3 Å². The Morgan fingerprint density at radius 2 is 2.15 bits per heavy atom. The van der Waals surface area contributed by atoms with Crippen molar-refractivity contribution in [1.82, 2.24) is 0 Å². The first-order valence-electron chi connectivity index (χ1n) is 4.23. The van der Waals surface area contributed by atoms with E-state index >= 15 is 0 Å². The predicted molar refractivity (Wildman–Crippen MR) is 54.4 cm³/mol. The lowest BCUT2D eigenvalue weighted by Crippen LogP contribution is -2.18. The third kappa shape index (κ3) is 1.25. The molecular weight excluding hydrogens is 186 g/mol. The van der Waals surface area contributed by atoms with Gasteiger partial charge in [-0.2, -0.15) is 0 Å². The van der Waals surface area contributed by atoms with Crippen molar-refractivity contribution >= 4 is 17.3 Å². The predicted octanol–water partition coefficient (Wildman–Crippen LogP) is 2.59. The van der Waals surface area contributed by atoms with Gasteiger partial charge < -0.3 is 10.5 Å². The van der Waals surface area contributed by atoms with Crippen LogP contribution in [0.15, 0.2) is 12.1 Å². The Hall–Kier alpha value is -0.890. The maximum Gasteiger partial charge on any atom is 0.146 e. The highest BCUT2D eigenvalue weighted by Crippen LogP contribution is 2.43. The number of benzene rings is 1. The van der Waals surface area contributed by atoms with Crippen LogP contribution in [0.4, 0.5) is 5.69 Å². The number of rotatable bonds is 0. The van der Waals surface area contributed by atoms with E-state index in [0.717, 1.165) is 11.3 Å². The fourth-order valence-corrected chi connectivity index (χ4v) is 1.84. The van der Waals surface area contributed by atoms with Gasteiger partial charge in [0.2, 0.25) is 0 Å². The summed E-state index contributed by atoms with van der Waals surface area (Å²) in [6, 6.07) is 3.65. The number of anilines is 1. The van der Waals surface area contributed by atoms with Gasteiger partial charge in [-0.25, -0.2) is 0 Å². The fraction of sp³-hybridized carbons (Fsp3) is 0.400. The van der Waals surface area contributed by atoms with Gasteiger partial charge in [-0.3, -0.25) is 0 Å². The van der Waals surface area contributed by atoms with Crippen molar-refractivity contribution in [2.75, 3.05) is 12.3 Å². The Kier molecular flexibility index (Phi) is 1.70. The highest BCUT2D eigenvalue weighted by atomic mass is 35.5. The number of fused-ring (bicyclic) bond motifs is 1. The summed E-state index contributed by atoms with van der Waals surface area (Å²) in [6.45, 7) is 4.91. The minimum Gasteiger partial charge on any atom is -0.490 e. The van der Waals surface area contributed by atoms with Crippen molar-refractivity contribution in [1.29, 1.82) is 0 Å². The molecule has 3 heteroatoms. The molecule has 1 aliphatic heterocycles. The van der Waals surface area contributed by atoms with E-state index in [1.807, 2.05) is 6.07 Å². The topological polar surface area (TPSA) is 35.2 Å². The molecule has 0 saturated carbocycles. The Labute approximate surface area is 82.6 Å². The molecular formula is C10H12ClNO. The smallest absolute Gasteiger partial charge is 0.146 e. The van der Waals surface area contributed by atoms with Crippen molar-refractivity contribution in [3.8, 4) is 5.75 Å². The zero-order valence-corrected chi connectivity index (χ0v) is 8.48. The molecule has 0 aliphatic carbocycles. The Morgan fingerprint density at radius 1 is 1.46 bits per heavy atom. The average molecular weight is 198 g/mol. The highest BCUT2D eigenvalue weighted by Gasteiger charge is 2.33. The second-order valence-electron chi connectivity index (χ2n) is 4.04. The van der Waals surface area contributed by atoms with Crippen LogP contribution in [0.1, 0.15) is 19.4 Å². The maximum absolute atomic E-state index is 5.92. The van der Waals surface area contributed by atoms with Crippen molar-refractivity contribution in [3.05, 3.63) is 22.7 Å². The second-order valence-corrected chi connectivity index (χ2v) is 4.48. The summed E-state index contributed by atoms with van der Waals surface area (Å²) in [5, 5.41) is 0.676. The molecule has 13 heavy (non-hydrogen) atoms. The van der Waals surface area contributed by atoms with Crippen LogP contribution in [0.2, 0.25) is 5.02 Å². The van der Waals surface area contributed by atoms with Crippen LogP contribution >= 0.6 is 11.6 Å². The molecule has 1 aromatic rings. The third-order valence-electron chi connectivity index (χ3n) is 2.39. The van der Waals surface area contributed by atoms with Crippen molar-refractivity contribution < 1.29 is 4.74 Å². The van der Waals surface area contributed by atoms with Gasteiger partial charge in [0, 0.05) is 16.0 Å². The SMILES string of the molecule is CC1(C)COc2c(N)cc(Cl)cc21. The van der Waals surface area contributed by atoms with Crippen LogP contribution in [-0.2, 0) is 5.41 Å². The number of hydrogen-bond acceptors (Lipinski definition) is 2. The van der Waals surface area contributed by atoms with Crippen LogP contribution in [-0.4, -0.2) is 6.61 Å². The molecule has 0 atom stereocenters. The lowest BCUT2D eigenvalue weighted by Gasteiger charge is -2.15. The molecule has 0 bridgehead atoms. The second kappa shape index (κ2) is 2.55. The molecule has 0 radical (unpaired) electrons. The van der Waals surface area contributed by atoms with Gasteiger partial charge in [0.25, 0.3) is 0 Å². The molecule has 0 unspecified atom stereocenters. The normalized spacial score (nSPS) is 18.1. The van der Waals surface area contributed by atoms with Gasteiger partial charge in [0.1, 0.15) is 5.75 Å². The Morgan fingerprint density at radius 3 is 2.85 bits per heavy atom. The number of nitrogens with two attached hydrogens (primary N) is 1. The van der Waals surface area contributed by atoms with Gasteiger partial charge in [0.05, 0.1) is 12.3 Å². The summed E-state index contributed by atoms with van der Waals surface area (Å²) in [4.78, 5) is 0. The minimum atomic E-state index is 0.0222. The van der Waals surface area contributed by atoms with E-state index in [9.17, 15) is 0 Å². The molecule has 70 valence electrons. The zero-order chi connectivity index (χ0) is 9.64. The van der Waals surface area contributed by atoms with E-state index in [2.05, 4.69) is 13.8 Å². The number of hydrogen-bond donors (Lipinski definition) is 1. The summed E-state index contributed by atoms with van der Waals surface area (Å²) >= 11 is 5.92. The van der Waals surface area contributed by atoms with Crippen LogP contribution in [0.3, 0.4) is 0 Å². The third-order valence-corrected chi connectivity index (χ3v) is 2.61.